The SMILES string of the molecule is CCCC[CH2][Sb]. The van der Waals surface area contributed by atoms with E-state index >= 15 is 0 Å². The average Bonchev–Trinajstić information content (AvgIpc) is 1.61. The summed E-state index contributed by atoms with van der Waals surface area (Å²) in [7, 11) is 0. The van der Waals surface area contributed by atoms with Gasteiger partial charge in [-0.15, -0.1) is 0 Å². The summed E-state index contributed by atoms with van der Waals surface area (Å²) in [6.07, 6.45) is 4.22. The van der Waals surface area contributed by atoms with Gasteiger partial charge >= 0.3 is 53.6 Å². The van der Waals surface area contributed by atoms with Crippen molar-refractivity contribution in [2.75, 3.05) is 0 Å². The van der Waals surface area contributed by atoms with E-state index in [1.807, 2.05) is 23.0 Å². The van der Waals surface area contributed by atoms with E-state index in [-0.39, 0.29) is 0 Å². The summed E-state index contributed by atoms with van der Waals surface area (Å²) in [5.41, 5.74) is 0. The molecular formula is C5H11Sb. The summed E-state index contributed by atoms with van der Waals surface area (Å²) >= 11 is 1.93. The fourth-order valence-corrected chi connectivity index (χ4v) is 1.000. The number of unbranched alkanes of at least 4 members (excludes halogenated alkanes) is 2. The summed E-state index contributed by atoms with van der Waals surface area (Å²) in [4.78, 5) is 0. The molecule has 0 aromatic carbocycles. The molecule has 0 N–H and O–H groups in total. The molecule has 0 saturated carbocycles. The Morgan fingerprint density at radius 1 is 1.33 bits per heavy atom. The number of hydrogen-bond donors (Lipinski definition) is 0. The maximum absolute atomic E-state index is 2.24. The molecule has 0 aromatic heterocycles. The summed E-state index contributed by atoms with van der Waals surface area (Å²) in [5.74, 6) is 0. The van der Waals surface area contributed by atoms with Crippen LogP contribution in [-0.4, -0.2) is 23.0 Å². The summed E-state index contributed by atoms with van der Waals surface area (Å²) in [6.45, 7) is 2.24. The zero-order valence-corrected chi connectivity index (χ0v) is 6.83. The van der Waals surface area contributed by atoms with E-state index in [1.54, 1.807) is 0 Å². The Balaban J connectivity index is 2.34. The Labute approximate surface area is 53.8 Å². The van der Waals surface area contributed by atoms with Gasteiger partial charge in [0.05, 0.1) is 0 Å². The van der Waals surface area contributed by atoms with Crippen LogP contribution < -0.4 is 0 Å². The van der Waals surface area contributed by atoms with Crippen LogP contribution in [0.1, 0.15) is 26.2 Å². The van der Waals surface area contributed by atoms with Gasteiger partial charge in [-0.1, -0.05) is 0 Å². The van der Waals surface area contributed by atoms with E-state index in [4.69, 9.17) is 0 Å². The maximum atomic E-state index is 2.24. The number of rotatable bonds is 3. The zero-order chi connectivity index (χ0) is 4.83. The van der Waals surface area contributed by atoms with Gasteiger partial charge in [-0.2, -0.15) is 0 Å². The Bertz CT molecular complexity index is 15.9. The second-order valence-electron chi connectivity index (χ2n) is 1.43. The first-order valence-corrected chi connectivity index (χ1v) is 4.33. The third-order valence-corrected chi connectivity index (χ3v) is 1.66. The van der Waals surface area contributed by atoms with Crippen LogP contribution in [-0.2, 0) is 0 Å². The first-order valence-electron chi connectivity index (χ1n) is 2.52. The number of hydrogen-bond acceptors (Lipinski definition) is 0. The Hall–Kier alpha value is 0.818. The molecule has 36 valence electrons. The molecule has 0 heterocycles. The van der Waals surface area contributed by atoms with Crippen molar-refractivity contribution in [3.8, 4) is 0 Å². The molecule has 0 aliphatic rings. The van der Waals surface area contributed by atoms with Crippen molar-refractivity contribution >= 4 is 23.0 Å². The summed E-state index contributed by atoms with van der Waals surface area (Å²) < 4.78 is 1.40. The predicted molar refractivity (Wildman–Crippen MR) is 30.1 cm³/mol. The van der Waals surface area contributed by atoms with Gasteiger partial charge in [-0.25, -0.2) is 0 Å². The van der Waals surface area contributed by atoms with Crippen LogP contribution in [0, 0.1) is 0 Å². The van der Waals surface area contributed by atoms with E-state index in [1.165, 1.54) is 23.6 Å². The first kappa shape index (κ1) is 6.82. The second kappa shape index (κ2) is 5.82. The Morgan fingerprint density at radius 2 is 2.00 bits per heavy atom. The van der Waals surface area contributed by atoms with Gasteiger partial charge in [0.1, 0.15) is 0 Å². The molecule has 0 aliphatic carbocycles. The molecule has 0 saturated heterocycles. The van der Waals surface area contributed by atoms with Crippen molar-refractivity contribution in [3.05, 3.63) is 0 Å². The van der Waals surface area contributed by atoms with E-state index in [2.05, 4.69) is 6.92 Å². The van der Waals surface area contributed by atoms with E-state index < -0.39 is 0 Å². The molecule has 0 rings (SSSR count). The second-order valence-corrected chi connectivity index (χ2v) is 2.71. The molecule has 0 amide bonds. The molecule has 0 unspecified atom stereocenters. The molecule has 0 aromatic rings. The predicted octanol–water partition coefficient (Wildman–Crippen LogP) is 1.76. The molecule has 0 spiro atoms. The van der Waals surface area contributed by atoms with Crippen LogP contribution in [0.3, 0.4) is 0 Å². The van der Waals surface area contributed by atoms with Crippen LogP contribution >= 0.6 is 0 Å². The van der Waals surface area contributed by atoms with Gasteiger partial charge in [0.15, 0.2) is 0 Å². The van der Waals surface area contributed by atoms with Crippen molar-refractivity contribution in [2.45, 2.75) is 30.6 Å². The van der Waals surface area contributed by atoms with Crippen molar-refractivity contribution in [1.82, 2.24) is 0 Å². The fraction of sp³-hybridized carbons (Fsp3) is 1.00. The topological polar surface area (TPSA) is 0 Å². The molecular weight excluding hydrogens is 182 g/mol. The molecule has 0 nitrogen and oxygen atoms in total. The molecule has 6 heavy (non-hydrogen) atoms. The normalized spacial score (nSPS) is 9.00. The monoisotopic (exact) mass is 192 g/mol. The third-order valence-electron chi connectivity index (χ3n) is 0.762. The molecule has 1 heteroatoms. The first-order chi connectivity index (χ1) is 2.91. The minimum absolute atomic E-state index is 1.36. The Morgan fingerprint density at radius 3 is 2.17 bits per heavy atom. The van der Waals surface area contributed by atoms with E-state index in [0.29, 0.717) is 0 Å². The van der Waals surface area contributed by atoms with E-state index in [0.717, 1.165) is 0 Å². The van der Waals surface area contributed by atoms with Crippen LogP contribution in [0.5, 0.6) is 0 Å². The summed E-state index contributed by atoms with van der Waals surface area (Å²) in [5, 5.41) is 0. The fourth-order valence-electron chi connectivity index (χ4n) is 0.362. The molecule has 2 radical (unpaired) electrons. The van der Waals surface area contributed by atoms with Crippen LogP contribution in [0.4, 0.5) is 0 Å². The standard InChI is InChI=1S/C5H11.Sb/c1-3-5-4-2;/h1,3-5H2,2H3;. The Kier molecular flexibility index (Phi) is 6.61. The van der Waals surface area contributed by atoms with Gasteiger partial charge in [-0.3, -0.25) is 0 Å². The van der Waals surface area contributed by atoms with Crippen LogP contribution in [0.25, 0.3) is 0 Å². The molecule has 0 atom stereocenters. The zero-order valence-electron chi connectivity index (χ0n) is 4.28. The summed E-state index contributed by atoms with van der Waals surface area (Å²) in [6, 6.07) is 0. The van der Waals surface area contributed by atoms with Gasteiger partial charge < -0.3 is 0 Å². The van der Waals surface area contributed by atoms with Crippen molar-refractivity contribution in [3.63, 3.8) is 0 Å². The third kappa shape index (κ3) is 4.82. The van der Waals surface area contributed by atoms with Gasteiger partial charge in [0.25, 0.3) is 0 Å². The van der Waals surface area contributed by atoms with Gasteiger partial charge in [0.2, 0.25) is 0 Å². The van der Waals surface area contributed by atoms with Crippen LogP contribution in [0.2, 0.25) is 4.37 Å². The molecule has 0 fully saturated rings. The van der Waals surface area contributed by atoms with Crippen molar-refractivity contribution < 1.29 is 0 Å². The van der Waals surface area contributed by atoms with Crippen molar-refractivity contribution in [1.29, 1.82) is 0 Å². The minimum atomic E-state index is 1.36. The average molecular weight is 193 g/mol. The van der Waals surface area contributed by atoms with E-state index in [9.17, 15) is 0 Å². The molecule has 0 aliphatic heterocycles. The quantitative estimate of drug-likeness (QED) is 0.473. The van der Waals surface area contributed by atoms with Crippen LogP contribution in [0.15, 0.2) is 0 Å². The van der Waals surface area contributed by atoms with Gasteiger partial charge in [-0.05, 0) is 0 Å². The van der Waals surface area contributed by atoms with Gasteiger partial charge in [0, 0.05) is 0 Å². The van der Waals surface area contributed by atoms with Crippen molar-refractivity contribution in [2.24, 2.45) is 0 Å². The molecule has 0 bridgehead atoms.